The molecule has 1 unspecified atom stereocenters. The molecule has 4 heterocycles. The van der Waals surface area contributed by atoms with E-state index in [1.807, 2.05) is 34.1 Å². The molecule has 4 rings (SSSR count). The van der Waals surface area contributed by atoms with Gasteiger partial charge in [0.05, 0.1) is 12.1 Å². The number of halogens is 3. The average Bonchev–Trinajstić information content (AvgIpc) is 3.43. The minimum absolute atomic E-state index is 0.133. The fourth-order valence-electron chi connectivity index (χ4n) is 3.71. The number of imidazole rings is 1. The van der Waals surface area contributed by atoms with E-state index in [4.69, 9.17) is 9.90 Å². The van der Waals surface area contributed by atoms with Gasteiger partial charge in [-0.15, -0.1) is 0 Å². The zero-order valence-corrected chi connectivity index (χ0v) is 17.0. The second-order valence-electron chi connectivity index (χ2n) is 7.37. The molecular weight excluding hydrogens is 421 g/mol. The lowest BCUT2D eigenvalue weighted by atomic mass is 10.1. The summed E-state index contributed by atoms with van der Waals surface area (Å²) in [7, 11) is 0. The Bertz CT molecular complexity index is 848. The van der Waals surface area contributed by atoms with Gasteiger partial charge in [-0.2, -0.15) is 24.5 Å². The molecule has 2 aromatic heterocycles. The Labute approximate surface area is 175 Å². The number of carboxylic acids is 1. The molecule has 1 fully saturated rings. The summed E-state index contributed by atoms with van der Waals surface area (Å²) in [5.41, 5.74) is 0.801. The summed E-state index contributed by atoms with van der Waals surface area (Å²) in [4.78, 5) is 30.7. The monoisotopic (exact) mass is 444 g/mol. The minimum Gasteiger partial charge on any atom is -0.475 e. The third-order valence-electron chi connectivity index (χ3n) is 5.08. The summed E-state index contributed by atoms with van der Waals surface area (Å²) in [5.74, 6) is -1.16. The van der Waals surface area contributed by atoms with E-state index in [-0.39, 0.29) is 5.91 Å². The molecule has 2 aliphatic rings. The smallest absolute Gasteiger partial charge is 0.475 e. The van der Waals surface area contributed by atoms with Gasteiger partial charge >= 0.3 is 12.1 Å². The summed E-state index contributed by atoms with van der Waals surface area (Å²) in [6.45, 7) is 5.86. The second kappa shape index (κ2) is 9.61. The van der Waals surface area contributed by atoms with Crippen LogP contribution in [0.2, 0.25) is 0 Å². The maximum atomic E-state index is 12.8. The van der Waals surface area contributed by atoms with Crippen LogP contribution in [0.25, 0.3) is 0 Å². The molecule has 30 heavy (non-hydrogen) atoms. The predicted molar refractivity (Wildman–Crippen MR) is 104 cm³/mol. The summed E-state index contributed by atoms with van der Waals surface area (Å²) in [5, 5.41) is 11.0. The van der Waals surface area contributed by atoms with Crippen molar-refractivity contribution in [2.45, 2.75) is 32.1 Å². The summed E-state index contributed by atoms with van der Waals surface area (Å²) >= 11 is 1.57. The summed E-state index contributed by atoms with van der Waals surface area (Å²) in [6.07, 6.45) is 1.42. The standard InChI is InChI=1S/C17H22N4OS.C2HF3O2/c22-17(15-3-8-23-13-15)21-11-14(9-19-5-1-2-6-19)10-20-7-4-18-16(20)12-21;3-2(4,5)1(6)7/h3-4,7-8,13-14H,1-2,5-6,9-12H2;(H,6,7). The van der Waals surface area contributed by atoms with E-state index < -0.39 is 12.1 Å². The van der Waals surface area contributed by atoms with Gasteiger partial charge in [-0.05, 0) is 37.4 Å². The first-order valence-electron chi connectivity index (χ1n) is 9.58. The number of thiophene rings is 1. The molecule has 1 saturated heterocycles. The number of carboxylic acid groups (broad SMARTS) is 1. The molecule has 11 heteroatoms. The molecule has 1 amide bonds. The number of alkyl halides is 3. The highest BCUT2D eigenvalue weighted by atomic mass is 32.1. The van der Waals surface area contributed by atoms with E-state index in [0.717, 1.165) is 31.0 Å². The van der Waals surface area contributed by atoms with E-state index in [1.165, 1.54) is 25.9 Å². The quantitative estimate of drug-likeness (QED) is 0.788. The molecule has 2 aliphatic heterocycles. The van der Waals surface area contributed by atoms with Crippen molar-refractivity contribution in [2.75, 3.05) is 26.2 Å². The lowest BCUT2D eigenvalue weighted by Crippen LogP contribution is -2.38. The number of carbonyl (C=O) groups is 2. The first-order chi connectivity index (χ1) is 14.2. The van der Waals surface area contributed by atoms with Crippen molar-refractivity contribution in [3.63, 3.8) is 0 Å². The highest BCUT2D eigenvalue weighted by Gasteiger charge is 2.38. The molecule has 1 atom stereocenters. The largest absolute Gasteiger partial charge is 0.490 e. The Morgan fingerprint density at radius 2 is 1.93 bits per heavy atom. The van der Waals surface area contributed by atoms with E-state index in [2.05, 4.69) is 14.5 Å². The lowest BCUT2D eigenvalue weighted by Gasteiger charge is -2.27. The number of nitrogens with zero attached hydrogens (tertiary/aromatic N) is 4. The molecule has 0 aromatic carbocycles. The maximum absolute atomic E-state index is 12.8. The second-order valence-corrected chi connectivity index (χ2v) is 8.15. The molecule has 164 valence electrons. The Kier molecular flexibility index (Phi) is 7.14. The van der Waals surface area contributed by atoms with Crippen LogP contribution in [0.15, 0.2) is 29.2 Å². The number of aliphatic carboxylic acids is 1. The van der Waals surface area contributed by atoms with Crippen LogP contribution in [0.3, 0.4) is 0 Å². The van der Waals surface area contributed by atoms with Gasteiger partial charge in [0, 0.05) is 43.3 Å². The Balaban J connectivity index is 0.000000318. The Morgan fingerprint density at radius 3 is 2.53 bits per heavy atom. The van der Waals surface area contributed by atoms with Gasteiger partial charge in [-0.1, -0.05) is 0 Å². The lowest BCUT2D eigenvalue weighted by molar-refractivity contribution is -0.192. The van der Waals surface area contributed by atoms with Gasteiger partial charge in [0.25, 0.3) is 5.91 Å². The normalized spacial score (nSPS) is 19.6. The topological polar surface area (TPSA) is 78.7 Å². The molecule has 2 aromatic rings. The van der Waals surface area contributed by atoms with Crippen LogP contribution in [-0.4, -0.2) is 68.7 Å². The summed E-state index contributed by atoms with van der Waals surface area (Å²) in [6, 6.07) is 1.92. The van der Waals surface area contributed by atoms with Gasteiger partial charge in [0.2, 0.25) is 0 Å². The number of fused-ring (bicyclic) bond motifs is 1. The van der Waals surface area contributed by atoms with Gasteiger partial charge in [-0.25, -0.2) is 9.78 Å². The first kappa shape index (κ1) is 22.3. The molecule has 0 radical (unpaired) electrons. The highest BCUT2D eigenvalue weighted by Crippen LogP contribution is 2.21. The van der Waals surface area contributed by atoms with Crippen molar-refractivity contribution in [3.05, 3.63) is 40.6 Å². The van der Waals surface area contributed by atoms with E-state index >= 15 is 0 Å². The van der Waals surface area contributed by atoms with Crippen molar-refractivity contribution in [1.82, 2.24) is 19.4 Å². The summed E-state index contributed by atoms with van der Waals surface area (Å²) < 4.78 is 34.0. The number of rotatable bonds is 3. The fraction of sp³-hybridized carbons (Fsp3) is 0.526. The molecule has 0 saturated carbocycles. The predicted octanol–water partition coefficient (Wildman–Crippen LogP) is 2.95. The van der Waals surface area contributed by atoms with Crippen LogP contribution in [0.4, 0.5) is 13.2 Å². The molecule has 0 spiro atoms. The van der Waals surface area contributed by atoms with Crippen LogP contribution in [0, 0.1) is 5.92 Å². The molecular formula is C19H23F3N4O3S. The third-order valence-corrected chi connectivity index (χ3v) is 5.76. The zero-order valence-electron chi connectivity index (χ0n) is 16.2. The van der Waals surface area contributed by atoms with Crippen molar-refractivity contribution in [1.29, 1.82) is 0 Å². The van der Waals surface area contributed by atoms with E-state index in [9.17, 15) is 18.0 Å². The average molecular weight is 444 g/mol. The molecule has 0 bridgehead atoms. The zero-order chi connectivity index (χ0) is 21.7. The van der Waals surface area contributed by atoms with Crippen molar-refractivity contribution in [3.8, 4) is 0 Å². The number of likely N-dealkylation sites (tertiary alicyclic amines) is 1. The molecule has 0 aliphatic carbocycles. The Hall–Kier alpha value is -2.40. The first-order valence-corrected chi connectivity index (χ1v) is 10.5. The van der Waals surface area contributed by atoms with Gasteiger partial charge in [-0.3, -0.25) is 4.79 Å². The van der Waals surface area contributed by atoms with Crippen LogP contribution in [-0.2, 0) is 17.9 Å². The Morgan fingerprint density at radius 1 is 1.23 bits per heavy atom. The van der Waals surface area contributed by atoms with E-state index in [1.54, 1.807) is 11.3 Å². The number of carbonyl (C=O) groups excluding carboxylic acids is 1. The minimum atomic E-state index is -5.08. The molecule has 7 nitrogen and oxygen atoms in total. The van der Waals surface area contributed by atoms with Crippen molar-refractivity contribution < 1.29 is 27.9 Å². The van der Waals surface area contributed by atoms with Crippen LogP contribution in [0.1, 0.15) is 29.0 Å². The number of hydrogen-bond acceptors (Lipinski definition) is 5. The number of hydrogen-bond donors (Lipinski definition) is 1. The van der Waals surface area contributed by atoms with Gasteiger partial charge < -0.3 is 19.5 Å². The van der Waals surface area contributed by atoms with Crippen LogP contribution >= 0.6 is 11.3 Å². The fourth-order valence-corrected chi connectivity index (χ4v) is 4.34. The van der Waals surface area contributed by atoms with Crippen LogP contribution in [0.5, 0.6) is 0 Å². The number of amides is 1. The van der Waals surface area contributed by atoms with E-state index in [0.29, 0.717) is 12.5 Å². The molecule has 1 N–H and O–H groups in total. The van der Waals surface area contributed by atoms with Crippen molar-refractivity contribution in [2.24, 2.45) is 5.92 Å². The van der Waals surface area contributed by atoms with Crippen molar-refractivity contribution >= 4 is 23.2 Å². The maximum Gasteiger partial charge on any atom is 0.490 e. The van der Waals surface area contributed by atoms with Gasteiger partial charge in [0.15, 0.2) is 0 Å². The van der Waals surface area contributed by atoms with Crippen LogP contribution < -0.4 is 0 Å². The SMILES string of the molecule is O=C(O)C(F)(F)F.O=C(c1ccsc1)N1Cc2nccn2CC(CN2CCCC2)C1. The number of aromatic nitrogens is 2. The highest BCUT2D eigenvalue weighted by molar-refractivity contribution is 7.08. The van der Waals surface area contributed by atoms with Gasteiger partial charge in [0.1, 0.15) is 5.82 Å². The third kappa shape index (κ3) is 5.82.